The summed E-state index contributed by atoms with van der Waals surface area (Å²) >= 11 is 3.50. The van der Waals surface area contributed by atoms with Crippen molar-refractivity contribution < 1.29 is 0 Å². The first-order valence-corrected chi connectivity index (χ1v) is 7.41. The molecule has 1 aromatic heterocycles. The molecule has 0 aliphatic carbocycles. The van der Waals surface area contributed by atoms with Crippen LogP contribution in [0.2, 0.25) is 0 Å². The number of hydrogen-bond acceptors (Lipinski definition) is 4. The van der Waals surface area contributed by atoms with Crippen molar-refractivity contribution >= 4 is 27.6 Å². The summed E-state index contributed by atoms with van der Waals surface area (Å²) < 4.78 is 1.09. The van der Waals surface area contributed by atoms with Gasteiger partial charge in [-0.15, -0.1) is 0 Å². The van der Waals surface area contributed by atoms with Crippen LogP contribution in [0.1, 0.15) is 25.0 Å². The molecule has 0 bridgehead atoms. The molecule has 0 fully saturated rings. The van der Waals surface area contributed by atoms with E-state index in [1.54, 1.807) is 6.33 Å². The molecular formula is C15H19BrN4. The monoisotopic (exact) mass is 334 g/mol. The Morgan fingerprint density at radius 3 is 2.65 bits per heavy atom. The predicted octanol–water partition coefficient (Wildman–Crippen LogP) is 3.98. The molecular weight excluding hydrogens is 316 g/mol. The average molecular weight is 335 g/mol. The fraction of sp³-hybridized carbons (Fsp3) is 0.333. The van der Waals surface area contributed by atoms with E-state index in [4.69, 9.17) is 0 Å². The molecule has 0 saturated heterocycles. The Kier molecular flexibility index (Phi) is 4.95. The Morgan fingerprint density at radius 1 is 1.15 bits per heavy atom. The van der Waals surface area contributed by atoms with Crippen molar-refractivity contribution in [3.8, 4) is 0 Å². The van der Waals surface area contributed by atoms with Gasteiger partial charge in [0, 0.05) is 23.1 Å². The fourth-order valence-electron chi connectivity index (χ4n) is 1.84. The maximum absolute atomic E-state index is 4.24. The van der Waals surface area contributed by atoms with Gasteiger partial charge in [-0.3, -0.25) is 0 Å². The van der Waals surface area contributed by atoms with E-state index in [9.17, 15) is 0 Å². The standard InChI is InChI=1S/C15H19BrN4/c1-10(2)20-15-7-14(18-9-19-15)17-8-12-6-13(16)5-4-11(12)3/h4-7,9-10H,8H2,1-3H3,(H2,17,18,19,20). The summed E-state index contributed by atoms with van der Waals surface area (Å²) in [6.45, 7) is 7.01. The molecule has 1 aromatic carbocycles. The van der Waals surface area contributed by atoms with Gasteiger partial charge in [0.25, 0.3) is 0 Å². The molecule has 5 heteroatoms. The molecule has 2 aromatic rings. The molecule has 0 aliphatic heterocycles. The molecule has 2 N–H and O–H groups in total. The number of nitrogens with zero attached hydrogens (tertiary/aromatic N) is 2. The zero-order valence-electron chi connectivity index (χ0n) is 11.9. The summed E-state index contributed by atoms with van der Waals surface area (Å²) in [6.07, 6.45) is 1.57. The minimum Gasteiger partial charge on any atom is -0.368 e. The summed E-state index contributed by atoms with van der Waals surface area (Å²) in [5, 5.41) is 6.60. The van der Waals surface area contributed by atoms with Crippen LogP contribution in [0, 0.1) is 6.92 Å². The van der Waals surface area contributed by atoms with Gasteiger partial charge in [-0.25, -0.2) is 9.97 Å². The van der Waals surface area contributed by atoms with Gasteiger partial charge < -0.3 is 10.6 Å². The first kappa shape index (κ1) is 14.8. The first-order valence-electron chi connectivity index (χ1n) is 6.62. The van der Waals surface area contributed by atoms with Crippen LogP contribution < -0.4 is 10.6 Å². The lowest BCUT2D eigenvalue weighted by atomic mass is 10.1. The van der Waals surface area contributed by atoms with E-state index in [1.807, 2.05) is 12.1 Å². The lowest BCUT2D eigenvalue weighted by Gasteiger charge is -2.12. The van der Waals surface area contributed by atoms with Crippen LogP contribution in [-0.2, 0) is 6.54 Å². The van der Waals surface area contributed by atoms with Crippen molar-refractivity contribution in [2.75, 3.05) is 10.6 Å². The van der Waals surface area contributed by atoms with Crippen molar-refractivity contribution in [1.29, 1.82) is 0 Å². The molecule has 0 atom stereocenters. The normalized spacial score (nSPS) is 10.7. The summed E-state index contributed by atoms with van der Waals surface area (Å²) in [7, 11) is 0. The highest BCUT2D eigenvalue weighted by Gasteiger charge is 2.02. The van der Waals surface area contributed by atoms with Gasteiger partial charge in [0.05, 0.1) is 0 Å². The van der Waals surface area contributed by atoms with Crippen LogP contribution in [0.25, 0.3) is 0 Å². The maximum Gasteiger partial charge on any atom is 0.131 e. The van der Waals surface area contributed by atoms with Gasteiger partial charge in [0.15, 0.2) is 0 Å². The molecule has 106 valence electrons. The van der Waals surface area contributed by atoms with Gasteiger partial charge in [0.1, 0.15) is 18.0 Å². The van der Waals surface area contributed by atoms with Crippen molar-refractivity contribution in [1.82, 2.24) is 9.97 Å². The Hall–Kier alpha value is -1.62. The number of rotatable bonds is 5. The number of halogens is 1. The van der Waals surface area contributed by atoms with Crippen molar-refractivity contribution in [2.24, 2.45) is 0 Å². The van der Waals surface area contributed by atoms with E-state index in [0.29, 0.717) is 6.04 Å². The third kappa shape index (κ3) is 4.20. The Labute approximate surface area is 128 Å². The SMILES string of the molecule is Cc1ccc(Br)cc1CNc1cc(NC(C)C)ncn1. The molecule has 4 nitrogen and oxygen atoms in total. The van der Waals surface area contributed by atoms with Crippen LogP contribution in [0.15, 0.2) is 35.1 Å². The van der Waals surface area contributed by atoms with E-state index in [-0.39, 0.29) is 0 Å². The summed E-state index contributed by atoms with van der Waals surface area (Å²) in [6, 6.07) is 8.55. The second-order valence-corrected chi connectivity index (χ2v) is 5.93. The molecule has 0 amide bonds. The van der Waals surface area contributed by atoms with Gasteiger partial charge in [-0.05, 0) is 44.0 Å². The molecule has 0 saturated carbocycles. The van der Waals surface area contributed by atoms with Crippen LogP contribution in [0.5, 0.6) is 0 Å². The zero-order chi connectivity index (χ0) is 14.5. The van der Waals surface area contributed by atoms with Crippen LogP contribution in [0.3, 0.4) is 0 Å². The lowest BCUT2D eigenvalue weighted by Crippen LogP contribution is -2.12. The highest BCUT2D eigenvalue weighted by atomic mass is 79.9. The number of benzene rings is 1. The number of hydrogen-bond donors (Lipinski definition) is 2. The number of anilines is 2. The second kappa shape index (κ2) is 6.70. The topological polar surface area (TPSA) is 49.8 Å². The van der Waals surface area contributed by atoms with Gasteiger partial charge in [0.2, 0.25) is 0 Å². The summed E-state index contributed by atoms with van der Waals surface area (Å²) in [5.41, 5.74) is 2.51. The highest BCUT2D eigenvalue weighted by Crippen LogP contribution is 2.17. The Morgan fingerprint density at radius 2 is 1.90 bits per heavy atom. The maximum atomic E-state index is 4.24. The summed E-state index contributed by atoms with van der Waals surface area (Å²) in [4.78, 5) is 8.44. The molecule has 0 unspecified atom stereocenters. The third-order valence-electron chi connectivity index (χ3n) is 2.87. The number of aryl methyl sites for hydroxylation is 1. The van der Waals surface area contributed by atoms with Crippen LogP contribution >= 0.6 is 15.9 Å². The van der Waals surface area contributed by atoms with Crippen molar-refractivity contribution in [3.63, 3.8) is 0 Å². The number of nitrogens with one attached hydrogen (secondary N) is 2. The molecule has 2 rings (SSSR count). The Bertz CT molecular complexity index is 584. The molecule has 0 radical (unpaired) electrons. The lowest BCUT2D eigenvalue weighted by molar-refractivity contribution is 0.886. The van der Waals surface area contributed by atoms with Gasteiger partial charge >= 0.3 is 0 Å². The minimum absolute atomic E-state index is 0.352. The average Bonchev–Trinajstić information content (AvgIpc) is 2.39. The summed E-state index contributed by atoms with van der Waals surface area (Å²) in [5.74, 6) is 1.66. The Balaban J connectivity index is 2.05. The van der Waals surface area contributed by atoms with Gasteiger partial charge in [-0.2, -0.15) is 0 Å². The predicted molar refractivity (Wildman–Crippen MR) is 87.0 cm³/mol. The molecule has 1 heterocycles. The van der Waals surface area contributed by atoms with E-state index in [2.05, 4.69) is 69.4 Å². The number of aromatic nitrogens is 2. The first-order chi connectivity index (χ1) is 9.54. The fourth-order valence-corrected chi connectivity index (χ4v) is 2.25. The van der Waals surface area contributed by atoms with E-state index in [1.165, 1.54) is 11.1 Å². The minimum atomic E-state index is 0.352. The smallest absolute Gasteiger partial charge is 0.131 e. The van der Waals surface area contributed by atoms with Crippen LogP contribution in [-0.4, -0.2) is 16.0 Å². The van der Waals surface area contributed by atoms with Gasteiger partial charge in [-0.1, -0.05) is 22.0 Å². The van der Waals surface area contributed by atoms with Crippen molar-refractivity contribution in [2.45, 2.75) is 33.4 Å². The van der Waals surface area contributed by atoms with E-state index in [0.717, 1.165) is 22.7 Å². The molecule has 0 spiro atoms. The second-order valence-electron chi connectivity index (χ2n) is 5.01. The quantitative estimate of drug-likeness (QED) is 0.868. The van der Waals surface area contributed by atoms with Crippen LogP contribution in [0.4, 0.5) is 11.6 Å². The molecule has 0 aliphatic rings. The van der Waals surface area contributed by atoms with E-state index >= 15 is 0 Å². The highest BCUT2D eigenvalue weighted by molar-refractivity contribution is 9.10. The largest absolute Gasteiger partial charge is 0.368 e. The van der Waals surface area contributed by atoms with E-state index < -0.39 is 0 Å². The zero-order valence-corrected chi connectivity index (χ0v) is 13.5. The molecule has 20 heavy (non-hydrogen) atoms. The third-order valence-corrected chi connectivity index (χ3v) is 3.37. The van der Waals surface area contributed by atoms with Crippen molar-refractivity contribution in [3.05, 3.63) is 46.2 Å².